The van der Waals surface area contributed by atoms with Crippen LogP contribution in [0.1, 0.15) is 12.5 Å². The lowest BCUT2D eigenvalue weighted by Crippen LogP contribution is -2.36. The van der Waals surface area contributed by atoms with Crippen LogP contribution in [0.15, 0.2) is 48.5 Å². The summed E-state index contributed by atoms with van der Waals surface area (Å²) in [6.45, 7) is 1.98. The third-order valence-corrected chi connectivity index (χ3v) is 3.76. The van der Waals surface area contributed by atoms with E-state index in [-0.39, 0.29) is 24.9 Å². The van der Waals surface area contributed by atoms with Crippen molar-refractivity contribution in [3.8, 4) is 0 Å². The van der Waals surface area contributed by atoms with Gasteiger partial charge in [0.1, 0.15) is 0 Å². The quantitative estimate of drug-likeness (QED) is 0.722. The van der Waals surface area contributed by atoms with Crippen LogP contribution in [0, 0.1) is 0 Å². The van der Waals surface area contributed by atoms with Crippen LogP contribution in [0.3, 0.4) is 0 Å². The fourth-order valence-corrected chi connectivity index (χ4v) is 2.37. The number of halogens is 1. The molecule has 0 unspecified atom stereocenters. The van der Waals surface area contributed by atoms with Crippen LogP contribution in [0.2, 0.25) is 5.02 Å². The van der Waals surface area contributed by atoms with Crippen molar-refractivity contribution in [3.05, 3.63) is 59.1 Å². The van der Waals surface area contributed by atoms with Crippen molar-refractivity contribution in [2.75, 3.05) is 23.7 Å². The molecule has 0 aliphatic heterocycles. The van der Waals surface area contributed by atoms with Crippen molar-refractivity contribution in [2.24, 2.45) is 0 Å². The molecule has 0 bridgehead atoms. The smallest absolute Gasteiger partial charge is 0.243 e. The molecule has 6 heteroatoms. The van der Waals surface area contributed by atoms with Gasteiger partial charge >= 0.3 is 0 Å². The number of hydrogen-bond acceptors (Lipinski definition) is 3. The number of hydrogen-bond donors (Lipinski definition) is 3. The van der Waals surface area contributed by atoms with Gasteiger partial charge in [-0.05, 0) is 30.2 Å². The Bertz CT molecular complexity index is 719. The minimum Gasteiger partial charge on any atom is -0.375 e. The Labute approximate surface area is 146 Å². The molecule has 24 heavy (non-hydrogen) atoms. The number of anilines is 2. The van der Waals surface area contributed by atoms with Crippen LogP contribution >= 0.6 is 11.6 Å². The summed E-state index contributed by atoms with van der Waals surface area (Å²) in [5.41, 5.74) is 2.50. The Balaban J connectivity index is 1.77. The molecule has 0 saturated carbocycles. The van der Waals surface area contributed by atoms with E-state index in [1.54, 1.807) is 12.1 Å². The van der Waals surface area contributed by atoms with Crippen molar-refractivity contribution in [2.45, 2.75) is 13.3 Å². The number of amides is 2. The predicted molar refractivity (Wildman–Crippen MR) is 97.4 cm³/mol. The number of aryl methyl sites for hydroxylation is 1. The predicted octanol–water partition coefficient (Wildman–Crippen LogP) is 3.07. The highest BCUT2D eigenvalue weighted by Crippen LogP contribution is 2.19. The highest BCUT2D eigenvalue weighted by atomic mass is 35.5. The third-order valence-electron chi connectivity index (χ3n) is 3.43. The SMILES string of the molecule is CCc1ccccc1NC(=O)CNC(=O)CNc1ccccc1Cl. The van der Waals surface area contributed by atoms with Crippen LogP contribution in [-0.2, 0) is 16.0 Å². The molecular weight excluding hydrogens is 326 g/mol. The van der Waals surface area contributed by atoms with Crippen molar-refractivity contribution >= 4 is 34.8 Å². The second kappa shape index (κ2) is 8.93. The molecule has 0 fully saturated rings. The van der Waals surface area contributed by atoms with E-state index in [1.165, 1.54) is 0 Å². The molecule has 0 spiro atoms. The lowest BCUT2D eigenvalue weighted by Gasteiger charge is -2.11. The van der Waals surface area contributed by atoms with Crippen molar-refractivity contribution in [1.29, 1.82) is 0 Å². The van der Waals surface area contributed by atoms with Gasteiger partial charge in [-0.25, -0.2) is 0 Å². The summed E-state index contributed by atoms with van der Waals surface area (Å²) in [5.74, 6) is -0.546. The Hall–Kier alpha value is -2.53. The highest BCUT2D eigenvalue weighted by molar-refractivity contribution is 6.33. The van der Waals surface area contributed by atoms with Crippen molar-refractivity contribution < 1.29 is 9.59 Å². The van der Waals surface area contributed by atoms with Gasteiger partial charge in [0.25, 0.3) is 0 Å². The fraction of sp³-hybridized carbons (Fsp3) is 0.222. The lowest BCUT2D eigenvalue weighted by atomic mass is 10.1. The van der Waals surface area contributed by atoms with Gasteiger partial charge in [-0.2, -0.15) is 0 Å². The molecule has 5 nitrogen and oxygen atoms in total. The largest absolute Gasteiger partial charge is 0.375 e. The molecule has 2 amide bonds. The normalized spacial score (nSPS) is 10.1. The Morgan fingerprint density at radius 3 is 2.29 bits per heavy atom. The molecule has 0 aliphatic rings. The Kier molecular flexibility index (Phi) is 6.63. The summed E-state index contributed by atoms with van der Waals surface area (Å²) in [6, 6.07) is 14.7. The second-order valence-corrected chi connectivity index (χ2v) is 5.58. The Morgan fingerprint density at radius 1 is 0.917 bits per heavy atom. The van der Waals surface area contributed by atoms with Gasteiger partial charge in [-0.15, -0.1) is 0 Å². The molecule has 2 aromatic carbocycles. The topological polar surface area (TPSA) is 70.2 Å². The first-order valence-electron chi connectivity index (χ1n) is 7.73. The minimum absolute atomic E-state index is 0.0442. The van der Waals surface area contributed by atoms with E-state index in [4.69, 9.17) is 11.6 Å². The van der Waals surface area contributed by atoms with Crippen LogP contribution in [0.25, 0.3) is 0 Å². The maximum absolute atomic E-state index is 11.9. The van der Waals surface area contributed by atoms with E-state index in [9.17, 15) is 9.59 Å². The van der Waals surface area contributed by atoms with E-state index >= 15 is 0 Å². The fourth-order valence-electron chi connectivity index (χ4n) is 2.17. The number of carbonyl (C=O) groups is 2. The molecule has 0 heterocycles. The van der Waals surface area contributed by atoms with Gasteiger partial charge < -0.3 is 16.0 Å². The van der Waals surface area contributed by atoms with Gasteiger partial charge in [-0.3, -0.25) is 9.59 Å². The molecule has 126 valence electrons. The summed E-state index contributed by atoms with van der Waals surface area (Å²) in [6.07, 6.45) is 0.824. The van der Waals surface area contributed by atoms with Gasteiger partial charge in [0.05, 0.1) is 23.8 Å². The first kappa shape index (κ1) is 17.8. The lowest BCUT2D eigenvalue weighted by molar-refractivity contribution is -0.122. The number of benzene rings is 2. The van der Waals surface area contributed by atoms with Gasteiger partial charge in [0.15, 0.2) is 0 Å². The summed E-state index contributed by atoms with van der Waals surface area (Å²) in [5, 5.41) is 8.85. The van der Waals surface area contributed by atoms with Crippen LogP contribution < -0.4 is 16.0 Å². The van der Waals surface area contributed by atoms with E-state index in [2.05, 4.69) is 16.0 Å². The maximum Gasteiger partial charge on any atom is 0.243 e. The molecule has 0 aliphatic carbocycles. The zero-order valence-corrected chi connectivity index (χ0v) is 14.2. The van der Waals surface area contributed by atoms with Crippen LogP contribution in [0.4, 0.5) is 11.4 Å². The first-order valence-corrected chi connectivity index (χ1v) is 8.10. The van der Waals surface area contributed by atoms with Crippen molar-refractivity contribution in [1.82, 2.24) is 5.32 Å². The summed E-state index contributed by atoms with van der Waals surface area (Å²) in [4.78, 5) is 23.8. The monoisotopic (exact) mass is 345 g/mol. The second-order valence-electron chi connectivity index (χ2n) is 5.17. The molecule has 0 saturated heterocycles. The summed E-state index contributed by atoms with van der Waals surface area (Å²) < 4.78 is 0. The zero-order chi connectivity index (χ0) is 17.4. The standard InChI is InChI=1S/C18H20ClN3O2/c1-2-13-7-3-5-9-15(13)22-18(24)12-21-17(23)11-20-16-10-6-4-8-14(16)19/h3-10,20H,2,11-12H2,1H3,(H,21,23)(H,22,24). The average Bonchev–Trinajstić information content (AvgIpc) is 2.59. The molecule has 2 aromatic rings. The summed E-state index contributed by atoms with van der Waals surface area (Å²) in [7, 11) is 0. The number of nitrogens with one attached hydrogen (secondary N) is 3. The maximum atomic E-state index is 11.9. The molecule has 0 aromatic heterocycles. The summed E-state index contributed by atoms with van der Waals surface area (Å²) >= 11 is 6.00. The van der Waals surface area contributed by atoms with E-state index in [0.29, 0.717) is 10.7 Å². The van der Waals surface area contributed by atoms with Gasteiger partial charge in [0.2, 0.25) is 11.8 Å². The molecule has 3 N–H and O–H groups in total. The van der Waals surface area contributed by atoms with E-state index in [0.717, 1.165) is 17.7 Å². The van der Waals surface area contributed by atoms with E-state index in [1.807, 2.05) is 43.3 Å². The Morgan fingerprint density at radius 2 is 1.58 bits per heavy atom. The number of rotatable bonds is 7. The average molecular weight is 346 g/mol. The van der Waals surface area contributed by atoms with Gasteiger partial charge in [0, 0.05) is 5.69 Å². The minimum atomic E-state index is -0.283. The number of para-hydroxylation sites is 2. The van der Waals surface area contributed by atoms with Crippen LogP contribution in [0.5, 0.6) is 0 Å². The zero-order valence-electron chi connectivity index (χ0n) is 13.4. The first-order chi connectivity index (χ1) is 11.6. The van der Waals surface area contributed by atoms with Crippen molar-refractivity contribution in [3.63, 3.8) is 0 Å². The molecular formula is C18H20ClN3O2. The number of carbonyl (C=O) groups excluding carboxylic acids is 2. The molecule has 0 radical (unpaired) electrons. The third kappa shape index (κ3) is 5.28. The van der Waals surface area contributed by atoms with Gasteiger partial charge in [-0.1, -0.05) is 48.9 Å². The molecule has 0 atom stereocenters. The van der Waals surface area contributed by atoms with Crippen LogP contribution in [-0.4, -0.2) is 24.9 Å². The molecule has 2 rings (SSSR count). The highest BCUT2D eigenvalue weighted by Gasteiger charge is 2.08. The van der Waals surface area contributed by atoms with E-state index < -0.39 is 0 Å².